The highest BCUT2D eigenvalue weighted by Gasteiger charge is 2.25. The van der Waals surface area contributed by atoms with Crippen LogP contribution in [-0.4, -0.2) is 28.4 Å². The van der Waals surface area contributed by atoms with Gasteiger partial charge in [0.2, 0.25) is 0 Å². The average Bonchev–Trinajstić information content (AvgIpc) is 3.20. The Bertz CT molecular complexity index is 1230. The number of benzene rings is 2. The molecule has 0 spiro atoms. The summed E-state index contributed by atoms with van der Waals surface area (Å²) in [5.41, 5.74) is 9.06. The SMILES string of the molecule is CC1CCCN1C(=O)c1ccc(N/C=C(\N=N)c2cc3cc(F)ccc3[nH]c2=O)cc1. The molecule has 1 fully saturated rings. The number of hydrogen-bond acceptors (Lipinski definition) is 5. The molecule has 1 atom stereocenters. The van der Waals surface area contributed by atoms with Gasteiger partial charge in [0.05, 0.1) is 5.56 Å². The maximum absolute atomic E-state index is 13.5. The number of fused-ring (bicyclic) bond motifs is 1. The molecule has 158 valence electrons. The molecule has 4 rings (SSSR count). The summed E-state index contributed by atoms with van der Waals surface area (Å²) in [6.45, 7) is 2.84. The van der Waals surface area contributed by atoms with E-state index in [9.17, 15) is 14.0 Å². The van der Waals surface area contributed by atoms with Crippen molar-refractivity contribution in [3.05, 3.63) is 82.0 Å². The van der Waals surface area contributed by atoms with E-state index in [1.165, 1.54) is 30.5 Å². The molecule has 1 aromatic heterocycles. The summed E-state index contributed by atoms with van der Waals surface area (Å²) in [5, 5.41) is 6.94. The Morgan fingerprint density at radius 2 is 2.03 bits per heavy atom. The van der Waals surface area contributed by atoms with Crippen LogP contribution in [0.4, 0.5) is 10.1 Å². The van der Waals surface area contributed by atoms with Crippen molar-refractivity contribution in [1.82, 2.24) is 9.88 Å². The lowest BCUT2D eigenvalue weighted by molar-refractivity contribution is 0.0747. The lowest BCUT2D eigenvalue weighted by atomic mass is 10.1. The molecular weight excluding hydrogens is 397 g/mol. The van der Waals surface area contributed by atoms with E-state index in [0.717, 1.165) is 19.4 Å². The Morgan fingerprint density at radius 1 is 1.26 bits per heavy atom. The average molecular weight is 419 g/mol. The summed E-state index contributed by atoms with van der Waals surface area (Å²) in [6.07, 6.45) is 3.48. The van der Waals surface area contributed by atoms with E-state index in [1.807, 2.05) is 4.90 Å². The summed E-state index contributed by atoms with van der Waals surface area (Å²) < 4.78 is 13.5. The lowest BCUT2D eigenvalue weighted by Crippen LogP contribution is -2.33. The maximum atomic E-state index is 13.5. The summed E-state index contributed by atoms with van der Waals surface area (Å²) in [5.74, 6) is -0.404. The number of aromatic amines is 1. The summed E-state index contributed by atoms with van der Waals surface area (Å²) in [7, 11) is 0. The fourth-order valence-corrected chi connectivity index (χ4v) is 3.80. The third-order valence-corrected chi connectivity index (χ3v) is 5.52. The standard InChI is InChI=1S/C23H22FN5O2/c1-14-3-2-10-29(14)23(31)15-4-7-18(8-5-15)26-13-21(28-25)19-12-16-11-17(24)6-9-20(16)27-22(19)30/h4-9,11-14,25-26H,2-3,10H2,1H3,(H,27,30)/b21-13-,28-25?. The number of pyridine rings is 1. The molecule has 1 unspecified atom stereocenters. The van der Waals surface area contributed by atoms with Gasteiger partial charge in [-0.3, -0.25) is 9.59 Å². The van der Waals surface area contributed by atoms with Crippen LogP contribution in [-0.2, 0) is 0 Å². The summed E-state index contributed by atoms with van der Waals surface area (Å²) in [6, 6.07) is 12.8. The molecule has 1 aliphatic heterocycles. The number of rotatable bonds is 5. The van der Waals surface area contributed by atoms with Crippen molar-refractivity contribution in [3.63, 3.8) is 0 Å². The van der Waals surface area contributed by atoms with Gasteiger partial charge in [-0.05, 0) is 68.3 Å². The van der Waals surface area contributed by atoms with Crippen molar-refractivity contribution in [2.24, 2.45) is 5.11 Å². The molecule has 2 aromatic carbocycles. The second-order valence-corrected chi connectivity index (χ2v) is 7.60. The number of aromatic nitrogens is 1. The zero-order chi connectivity index (χ0) is 22.0. The van der Waals surface area contributed by atoms with E-state index in [0.29, 0.717) is 22.2 Å². The number of carbonyl (C=O) groups is 1. The third-order valence-electron chi connectivity index (χ3n) is 5.52. The molecule has 1 amide bonds. The van der Waals surface area contributed by atoms with Crippen LogP contribution in [0.15, 0.2) is 64.6 Å². The van der Waals surface area contributed by atoms with Gasteiger partial charge in [-0.2, -0.15) is 5.11 Å². The zero-order valence-corrected chi connectivity index (χ0v) is 17.0. The molecule has 31 heavy (non-hydrogen) atoms. The number of nitrogens with one attached hydrogen (secondary N) is 3. The van der Waals surface area contributed by atoms with E-state index in [2.05, 4.69) is 22.3 Å². The zero-order valence-electron chi connectivity index (χ0n) is 17.0. The molecule has 0 saturated carbocycles. The molecule has 3 aromatic rings. The van der Waals surface area contributed by atoms with Gasteiger partial charge in [0, 0.05) is 40.9 Å². The fourth-order valence-electron chi connectivity index (χ4n) is 3.80. The van der Waals surface area contributed by atoms with Crippen molar-refractivity contribution in [2.75, 3.05) is 11.9 Å². The number of likely N-dealkylation sites (tertiary alicyclic amines) is 1. The number of amides is 1. The van der Waals surface area contributed by atoms with Crippen molar-refractivity contribution in [3.8, 4) is 0 Å². The largest absolute Gasteiger partial charge is 0.360 e. The number of carbonyl (C=O) groups excluding carboxylic acids is 1. The van der Waals surface area contributed by atoms with E-state index in [1.54, 1.807) is 24.3 Å². The minimum absolute atomic E-state index is 0.0175. The monoisotopic (exact) mass is 419 g/mol. The van der Waals surface area contributed by atoms with Crippen molar-refractivity contribution >= 4 is 28.2 Å². The third kappa shape index (κ3) is 4.23. The van der Waals surface area contributed by atoms with Crippen LogP contribution in [0.25, 0.3) is 16.6 Å². The van der Waals surface area contributed by atoms with Crippen LogP contribution in [0, 0.1) is 11.3 Å². The highest BCUT2D eigenvalue weighted by Crippen LogP contribution is 2.22. The van der Waals surface area contributed by atoms with Crippen molar-refractivity contribution in [1.29, 1.82) is 5.53 Å². The van der Waals surface area contributed by atoms with Gasteiger partial charge in [-0.1, -0.05) is 0 Å². The number of anilines is 1. The molecule has 2 heterocycles. The minimum Gasteiger partial charge on any atom is -0.360 e. The normalized spacial score (nSPS) is 16.5. The predicted octanol–water partition coefficient (Wildman–Crippen LogP) is 4.73. The Labute approximate surface area is 178 Å². The highest BCUT2D eigenvalue weighted by molar-refractivity contribution is 5.95. The molecule has 1 saturated heterocycles. The first-order valence-corrected chi connectivity index (χ1v) is 10.0. The fraction of sp³-hybridized carbons (Fsp3) is 0.217. The predicted molar refractivity (Wildman–Crippen MR) is 117 cm³/mol. The van der Waals surface area contributed by atoms with Gasteiger partial charge in [-0.25, -0.2) is 9.92 Å². The van der Waals surface area contributed by atoms with Crippen LogP contribution < -0.4 is 10.9 Å². The Hall–Kier alpha value is -3.81. The first-order chi connectivity index (χ1) is 15.0. The van der Waals surface area contributed by atoms with E-state index in [4.69, 9.17) is 5.53 Å². The van der Waals surface area contributed by atoms with Gasteiger partial charge in [0.15, 0.2) is 0 Å². The number of nitrogens with zero attached hydrogens (tertiary/aromatic N) is 2. The molecule has 8 heteroatoms. The van der Waals surface area contributed by atoms with Gasteiger partial charge < -0.3 is 15.2 Å². The number of halogens is 1. The smallest absolute Gasteiger partial charge is 0.258 e. The summed E-state index contributed by atoms with van der Waals surface area (Å²) in [4.78, 5) is 29.6. The minimum atomic E-state index is -0.427. The van der Waals surface area contributed by atoms with E-state index >= 15 is 0 Å². The Balaban J connectivity index is 1.55. The molecule has 3 N–H and O–H groups in total. The van der Waals surface area contributed by atoms with Crippen molar-refractivity contribution in [2.45, 2.75) is 25.8 Å². The Morgan fingerprint density at radius 3 is 2.71 bits per heavy atom. The van der Waals surface area contributed by atoms with E-state index in [-0.39, 0.29) is 23.2 Å². The first-order valence-electron chi connectivity index (χ1n) is 10.0. The molecule has 0 bridgehead atoms. The van der Waals surface area contributed by atoms with Gasteiger partial charge >= 0.3 is 0 Å². The molecule has 0 radical (unpaired) electrons. The molecule has 1 aliphatic rings. The molecular formula is C23H22FN5O2. The first kappa shape index (κ1) is 20.5. The van der Waals surface area contributed by atoms with Crippen LogP contribution in [0.1, 0.15) is 35.7 Å². The number of hydrogen-bond donors (Lipinski definition) is 3. The quantitative estimate of drug-likeness (QED) is 0.521. The lowest BCUT2D eigenvalue weighted by Gasteiger charge is -2.21. The summed E-state index contributed by atoms with van der Waals surface area (Å²) >= 11 is 0. The van der Waals surface area contributed by atoms with Crippen molar-refractivity contribution < 1.29 is 9.18 Å². The topological polar surface area (TPSA) is 101 Å². The van der Waals surface area contributed by atoms with Crippen LogP contribution in [0.5, 0.6) is 0 Å². The maximum Gasteiger partial charge on any atom is 0.258 e. The number of H-pyrrole nitrogens is 1. The second-order valence-electron chi connectivity index (χ2n) is 7.60. The van der Waals surface area contributed by atoms with Crippen LogP contribution in [0.2, 0.25) is 0 Å². The van der Waals surface area contributed by atoms with Gasteiger partial charge in [0.25, 0.3) is 11.5 Å². The van der Waals surface area contributed by atoms with Gasteiger partial charge in [0.1, 0.15) is 11.5 Å². The Kier molecular flexibility index (Phi) is 5.62. The molecule has 0 aliphatic carbocycles. The second kappa shape index (κ2) is 8.51. The van der Waals surface area contributed by atoms with Crippen LogP contribution >= 0.6 is 0 Å². The van der Waals surface area contributed by atoms with E-state index < -0.39 is 11.4 Å². The highest BCUT2D eigenvalue weighted by atomic mass is 19.1. The van der Waals surface area contributed by atoms with Crippen LogP contribution in [0.3, 0.4) is 0 Å². The molecule has 7 nitrogen and oxygen atoms in total. The van der Waals surface area contributed by atoms with Gasteiger partial charge in [-0.15, -0.1) is 0 Å².